The molecule has 1 aromatic rings. The minimum absolute atomic E-state index is 0.107. The van der Waals surface area contributed by atoms with Crippen LogP contribution in [0, 0.1) is 18.8 Å². The first-order valence-corrected chi connectivity index (χ1v) is 6.70. The van der Waals surface area contributed by atoms with E-state index in [2.05, 4.69) is 41.7 Å². The van der Waals surface area contributed by atoms with Gasteiger partial charge in [0.2, 0.25) is 5.91 Å². The van der Waals surface area contributed by atoms with Crippen LogP contribution in [-0.4, -0.2) is 11.6 Å². The second-order valence-corrected chi connectivity index (χ2v) is 5.34. The van der Waals surface area contributed by atoms with E-state index in [-0.39, 0.29) is 11.8 Å². The van der Waals surface area contributed by atoms with Crippen molar-refractivity contribution in [2.45, 2.75) is 32.6 Å². The molecule has 1 heterocycles. The molecule has 2 atom stereocenters. The predicted octanol–water partition coefficient (Wildman–Crippen LogP) is 2.64. The number of hydrogen-bond donors (Lipinski definition) is 1. The molecule has 0 saturated heterocycles. The highest BCUT2D eigenvalue weighted by atomic mass is 16.2. The molecule has 1 amide bonds. The molecule has 2 aliphatic rings. The second kappa shape index (κ2) is 4.56. The van der Waals surface area contributed by atoms with Gasteiger partial charge in [0.1, 0.15) is 0 Å². The molecule has 1 aliphatic carbocycles. The number of nitrogens with one attached hydrogen (secondary N) is 1. The lowest BCUT2D eigenvalue weighted by atomic mass is 9.74. The molecule has 1 N–H and O–H groups in total. The summed E-state index contributed by atoms with van der Waals surface area (Å²) in [6, 6.07) is 8.42. The summed E-state index contributed by atoms with van der Waals surface area (Å²) in [5.41, 5.74) is 6.16. The van der Waals surface area contributed by atoms with Gasteiger partial charge in [-0.3, -0.25) is 4.79 Å². The molecule has 3 heteroatoms. The molecule has 1 aromatic carbocycles. The van der Waals surface area contributed by atoms with Crippen LogP contribution in [0.25, 0.3) is 0 Å². The van der Waals surface area contributed by atoms with E-state index in [1.807, 2.05) is 0 Å². The smallest absolute Gasteiger partial charge is 0.243 e. The van der Waals surface area contributed by atoms with Crippen LogP contribution < -0.4 is 5.43 Å². The van der Waals surface area contributed by atoms with Crippen LogP contribution in [0.4, 0.5) is 0 Å². The van der Waals surface area contributed by atoms with E-state index in [0.717, 1.165) is 30.5 Å². The maximum Gasteiger partial charge on any atom is 0.243 e. The number of benzene rings is 1. The fourth-order valence-electron chi connectivity index (χ4n) is 3.06. The van der Waals surface area contributed by atoms with Gasteiger partial charge in [0, 0.05) is 11.8 Å². The summed E-state index contributed by atoms with van der Waals surface area (Å²) in [5.74, 6) is 0.554. The third kappa shape index (κ3) is 1.94. The third-order valence-electron chi connectivity index (χ3n) is 4.09. The molecule has 1 aliphatic heterocycles. The average Bonchev–Trinajstić information content (AvgIpc) is 2.41. The zero-order chi connectivity index (χ0) is 12.5. The minimum Gasteiger partial charge on any atom is -0.273 e. The Kier molecular flexibility index (Phi) is 2.90. The molecule has 3 nitrogen and oxygen atoms in total. The fourth-order valence-corrected chi connectivity index (χ4v) is 3.06. The lowest BCUT2D eigenvalue weighted by Gasteiger charge is -2.34. The molecule has 2 unspecified atom stereocenters. The second-order valence-electron chi connectivity index (χ2n) is 5.34. The van der Waals surface area contributed by atoms with E-state index < -0.39 is 0 Å². The topological polar surface area (TPSA) is 41.5 Å². The lowest BCUT2D eigenvalue weighted by molar-refractivity contribution is -0.127. The van der Waals surface area contributed by atoms with Crippen molar-refractivity contribution in [3.8, 4) is 0 Å². The average molecular weight is 242 g/mol. The van der Waals surface area contributed by atoms with E-state index in [0.29, 0.717) is 5.92 Å². The Hall–Kier alpha value is -1.64. The van der Waals surface area contributed by atoms with Gasteiger partial charge in [0.25, 0.3) is 0 Å². The van der Waals surface area contributed by atoms with Gasteiger partial charge in [-0.1, -0.05) is 42.7 Å². The molecule has 0 bridgehead atoms. The summed E-state index contributed by atoms with van der Waals surface area (Å²) in [6.45, 7) is 2.08. The van der Waals surface area contributed by atoms with Crippen LogP contribution >= 0.6 is 0 Å². The number of nitrogens with zero attached hydrogens (tertiary/aromatic N) is 1. The maximum atomic E-state index is 11.8. The first kappa shape index (κ1) is 11.5. The Bertz CT molecular complexity index is 490. The molecule has 1 saturated carbocycles. The molecular formula is C15H18N2O. The van der Waals surface area contributed by atoms with Gasteiger partial charge in [-0.15, -0.1) is 0 Å². The van der Waals surface area contributed by atoms with E-state index in [1.54, 1.807) is 0 Å². The molecular weight excluding hydrogens is 224 g/mol. The summed E-state index contributed by atoms with van der Waals surface area (Å²) in [5, 5.41) is 4.31. The Labute approximate surface area is 107 Å². The molecule has 3 rings (SSSR count). The number of carbonyl (C=O) groups is 1. The largest absolute Gasteiger partial charge is 0.273 e. The quantitative estimate of drug-likeness (QED) is 0.808. The summed E-state index contributed by atoms with van der Waals surface area (Å²) in [6.07, 6.45) is 4.46. The van der Waals surface area contributed by atoms with Crippen molar-refractivity contribution < 1.29 is 4.79 Å². The summed E-state index contributed by atoms with van der Waals surface area (Å²) in [7, 11) is 0. The SMILES string of the molecule is Cc1ccc(C2=NNC(=O)C3CCCCC23)cc1. The molecule has 0 aromatic heterocycles. The van der Waals surface area contributed by atoms with Gasteiger partial charge in [0.15, 0.2) is 0 Å². The van der Waals surface area contributed by atoms with Crippen molar-refractivity contribution in [3.63, 3.8) is 0 Å². The Morgan fingerprint density at radius 2 is 1.78 bits per heavy atom. The number of aryl methyl sites for hydroxylation is 1. The van der Waals surface area contributed by atoms with E-state index in [4.69, 9.17) is 0 Å². The summed E-state index contributed by atoms with van der Waals surface area (Å²) < 4.78 is 0. The van der Waals surface area contributed by atoms with Gasteiger partial charge in [-0.2, -0.15) is 5.10 Å². The highest BCUT2D eigenvalue weighted by Crippen LogP contribution is 2.34. The molecule has 0 spiro atoms. The molecule has 94 valence electrons. The normalized spacial score (nSPS) is 27.2. The Morgan fingerprint density at radius 3 is 2.50 bits per heavy atom. The zero-order valence-corrected chi connectivity index (χ0v) is 10.6. The van der Waals surface area contributed by atoms with Crippen LogP contribution in [0.3, 0.4) is 0 Å². The van der Waals surface area contributed by atoms with Crippen LogP contribution in [0.5, 0.6) is 0 Å². The number of carbonyl (C=O) groups excluding carboxylic acids is 1. The van der Waals surface area contributed by atoms with E-state index >= 15 is 0 Å². The third-order valence-corrected chi connectivity index (χ3v) is 4.09. The van der Waals surface area contributed by atoms with Gasteiger partial charge in [-0.05, 0) is 25.3 Å². The van der Waals surface area contributed by atoms with Crippen molar-refractivity contribution in [3.05, 3.63) is 35.4 Å². The van der Waals surface area contributed by atoms with Crippen LogP contribution in [0.15, 0.2) is 29.4 Å². The van der Waals surface area contributed by atoms with Gasteiger partial charge < -0.3 is 0 Å². The summed E-state index contributed by atoms with van der Waals surface area (Å²) >= 11 is 0. The number of hydrogen-bond acceptors (Lipinski definition) is 2. The number of fused-ring (bicyclic) bond motifs is 1. The Balaban J connectivity index is 1.95. The standard InChI is InChI=1S/C15H18N2O/c1-10-6-8-11(9-7-10)14-12-4-2-3-5-13(12)15(18)17-16-14/h6-9,12-13H,2-5H2,1H3,(H,17,18). The first-order valence-electron chi connectivity index (χ1n) is 6.70. The lowest BCUT2D eigenvalue weighted by Crippen LogP contribution is -2.43. The molecule has 18 heavy (non-hydrogen) atoms. The van der Waals surface area contributed by atoms with Crippen molar-refractivity contribution in [1.29, 1.82) is 0 Å². The molecule has 1 fully saturated rings. The van der Waals surface area contributed by atoms with Crippen molar-refractivity contribution in [1.82, 2.24) is 5.43 Å². The van der Waals surface area contributed by atoms with Gasteiger partial charge >= 0.3 is 0 Å². The van der Waals surface area contributed by atoms with Crippen molar-refractivity contribution >= 4 is 11.6 Å². The van der Waals surface area contributed by atoms with Gasteiger partial charge in [0.05, 0.1) is 5.71 Å². The fraction of sp³-hybridized carbons (Fsp3) is 0.467. The number of amides is 1. The zero-order valence-electron chi connectivity index (χ0n) is 10.6. The Morgan fingerprint density at radius 1 is 1.11 bits per heavy atom. The van der Waals surface area contributed by atoms with Crippen LogP contribution in [0.2, 0.25) is 0 Å². The number of rotatable bonds is 1. The van der Waals surface area contributed by atoms with Crippen molar-refractivity contribution in [2.24, 2.45) is 16.9 Å². The summed E-state index contributed by atoms with van der Waals surface area (Å²) in [4.78, 5) is 11.8. The molecule has 0 radical (unpaired) electrons. The van der Waals surface area contributed by atoms with Crippen molar-refractivity contribution in [2.75, 3.05) is 0 Å². The van der Waals surface area contributed by atoms with Crippen LogP contribution in [0.1, 0.15) is 36.8 Å². The predicted molar refractivity (Wildman–Crippen MR) is 71.3 cm³/mol. The highest BCUT2D eigenvalue weighted by molar-refractivity contribution is 6.06. The highest BCUT2D eigenvalue weighted by Gasteiger charge is 2.37. The monoisotopic (exact) mass is 242 g/mol. The first-order chi connectivity index (χ1) is 8.75. The maximum absolute atomic E-state index is 11.8. The van der Waals surface area contributed by atoms with Crippen LogP contribution in [-0.2, 0) is 4.79 Å². The van der Waals surface area contributed by atoms with E-state index in [9.17, 15) is 4.79 Å². The minimum atomic E-state index is 0.107. The van der Waals surface area contributed by atoms with Gasteiger partial charge in [-0.25, -0.2) is 5.43 Å². The van der Waals surface area contributed by atoms with E-state index in [1.165, 1.54) is 12.0 Å². The number of hydrazone groups is 1.